The van der Waals surface area contributed by atoms with Crippen molar-refractivity contribution >= 4 is 23.9 Å². The molecule has 0 aliphatic rings. The van der Waals surface area contributed by atoms with Gasteiger partial charge in [0.1, 0.15) is 5.75 Å². The maximum absolute atomic E-state index is 12.3. The molecule has 170 valence electrons. The molecule has 0 saturated carbocycles. The zero-order chi connectivity index (χ0) is 23.3. The normalized spacial score (nSPS) is 11.8. The van der Waals surface area contributed by atoms with Gasteiger partial charge < -0.3 is 20.1 Å². The van der Waals surface area contributed by atoms with Gasteiger partial charge in [0.2, 0.25) is 5.91 Å². The summed E-state index contributed by atoms with van der Waals surface area (Å²) in [6, 6.07) is 16.6. The number of carbonyl (C=O) groups is 3. The fraction of sp³-hybridized carbons (Fsp3) is 0.320. The van der Waals surface area contributed by atoms with E-state index in [-0.39, 0.29) is 43.3 Å². The average molecular weight is 439 g/mol. The summed E-state index contributed by atoms with van der Waals surface area (Å²) in [7, 11) is 1.60. The molecular formula is C25H30N2O5. The predicted octanol–water partition coefficient (Wildman–Crippen LogP) is 3.27. The third-order valence-electron chi connectivity index (χ3n) is 4.68. The molecule has 2 rings (SSSR count). The minimum Gasteiger partial charge on any atom is -0.497 e. The van der Waals surface area contributed by atoms with Gasteiger partial charge in [-0.05, 0) is 35.3 Å². The first-order chi connectivity index (χ1) is 15.4. The lowest BCUT2D eigenvalue weighted by molar-refractivity contribution is -0.148. The molecule has 0 radical (unpaired) electrons. The SMILES string of the molecule is COc1ccc(C(NC(=O)COC(=O)CCNC(=O)C=Cc2ccccc2)C(C)C)cc1. The molecule has 2 N–H and O–H groups in total. The molecule has 0 aromatic heterocycles. The first kappa shape index (κ1) is 24.7. The Kier molecular flexibility index (Phi) is 9.97. The summed E-state index contributed by atoms with van der Waals surface area (Å²) in [5.41, 5.74) is 1.84. The smallest absolute Gasteiger partial charge is 0.308 e. The van der Waals surface area contributed by atoms with E-state index in [9.17, 15) is 14.4 Å². The molecule has 7 nitrogen and oxygen atoms in total. The highest BCUT2D eigenvalue weighted by atomic mass is 16.5. The van der Waals surface area contributed by atoms with Crippen LogP contribution >= 0.6 is 0 Å². The summed E-state index contributed by atoms with van der Waals surface area (Å²) in [5.74, 6) is -0.374. The largest absolute Gasteiger partial charge is 0.497 e. The molecule has 0 spiro atoms. The molecular weight excluding hydrogens is 408 g/mol. The number of amides is 2. The van der Waals surface area contributed by atoms with Crippen LogP contribution in [0.5, 0.6) is 5.75 Å². The van der Waals surface area contributed by atoms with Crippen LogP contribution in [-0.4, -0.2) is 38.0 Å². The van der Waals surface area contributed by atoms with E-state index in [1.807, 2.05) is 68.4 Å². The zero-order valence-electron chi connectivity index (χ0n) is 18.7. The molecule has 7 heteroatoms. The predicted molar refractivity (Wildman–Crippen MR) is 123 cm³/mol. The summed E-state index contributed by atoms with van der Waals surface area (Å²) in [6.45, 7) is 3.74. The van der Waals surface area contributed by atoms with Crippen LogP contribution in [0, 0.1) is 5.92 Å². The number of rotatable bonds is 11. The van der Waals surface area contributed by atoms with Crippen LogP contribution in [0.4, 0.5) is 0 Å². The summed E-state index contributed by atoms with van der Waals surface area (Å²) < 4.78 is 10.2. The standard InChI is InChI=1S/C25H30N2O5/c1-18(2)25(20-10-12-21(31-3)13-11-20)27-23(29)17-32-24(30)15-16-26-22(28)14-9-19-7-5-4-6-8-19/h4-14,18,25H,15-17H2,1-3H3,(H,26,28)(H,27,29). The van der Waals surface area contributed by atoms with Gasteiger partial charge in [-0.15, -0.1) is 0 Å². The van der Waals surface area contributed by atoms with E-state index in [0.717, 1.165) is 16.9 Å². The summed E-state index contributed by atoms with van der Waals surface area (Å²) in [6.07, 6.45) is 3.07. The van der Waals surface area contributed by atoms with Crippen molar-refractivity contribution in [2.45, 2.75) is 26.3 Å². The number of methoxy groups -OCH3 is 1. The van der Waals surface area contributed by atoms with Gasteiger partial charge in [0.15, 0.2) is 6.61 Å². The lowest BCUT2D eigenvalue weighted by atomic mass is 9.96. The third-order valence-corrected chi connectivity index (χ3v) is 4.68. The second-order valence-corrected chi connectivity index (χ2v) is 7.51. The average Bonchev–Trinajstić information content (AvgIpc) is 2.80. The molecule has 2 aromatic rings. The Balaban J connectivity index is 1.71. The molecule has 32 heavy (non-hydrogen) atoms. The minimum atomic E-state index is -0.557. The lowest BCUT2D eigenvalue weighted by Gasteiger charge is -2.23. The molecule has 0 heterocycles. The molecule has 0 aliphatic carbocycles. The van der Waals surface area contributed by atoms with Crippen LogP contribution in [0.2, 0.25) is 0 Å². The monoisotopic (exact) mass is 438 g/mol. The number of carbonyl (C=O) groups excluding carboxylic acids is 3. The van der Waals surface area contributed by atoms with E-state index >= 15 is 0 Å². The summed E-state index contributed by atoms with van der Waals surface area (Å²) in [5, 5.41) is 5.51. The van der Waals surface area contributed by atoms with E-state index < -0.39 is 5.97 Å². The number of hydrogen-bond acceptors (Lipinski definition) is 5. The number of ether oxygens (including phenoxy) is 2. The van der Waals surface area contributed by atoms with Crippen LogP contribution in [-0.2, 0) is 19.1 Å². The van der Waals surface area contributed by atoms with Crippen LogP contribution in [0.15, 0.2) is 60.7 Å². The van der Waals surface area contributed by atoms with Gasteiger partial charge in [0.05, 0.1) is 19.6 Å². The molecule has 1 unspecified atom stereocenters. The van der Waals surface area contributed by atoms with Gasteiger partial charge in [-0.25, -0.2) is 0 Å². The van der Waals surface area contributed by atoms with Crippen molar-refractivity contribution in [2.75, 3.05) is 20.3 Å². The second-order valence-electron chi connectivity index (χ2n) is 7.51. The van der Waals surface area contributed by atoms with Crippen molar-refractivity contribution in [2.24, 2.45) is 5.92 Å². The molecule has 0 saturated heterocycles. The summed E-state index contributed by atoms with van der Waals surface area (Å²) in [4.78, 5) is 36.0. The number of hydrogen-bond donors (Lipinski definition) is 2. The number of benzene rings is 2. The van der Waals surface area contributed by atoms with Gasteiger partial charge in [-0.2, -0.15) is 0 Å². The Morgan fingerprint density at radius 2 is 1.69 bits per heavy atom. The van der Waals surface area contributed by atoms with Crippen molar-refractivity contribution < 1.29 is 23.9 Å². The Hall–Kier alpha value is -3.61. The van der Waals surface area contributed by atoms with Gasteiger partial charge in [-0.1, -0.05) is 56.3 Å². The molecule has 0 fully saturated rings. The topological polar surface area (TPSA) is 93.7 Å². The van der Waals surface area contributed by atoms with E-state index in [0.29, 0.717) is 0 Å². The first-order valence-electron chi connectivity index (χ1n) is 10.5. The zero-order valence-corrected chi connectivity index (χ0v) is 18.7. The number of nitrogens with one attached hydrogen (secondary N) is 2. The Morgan fingerprint density at radius 3 is 2.31 bits per heavy atom. The Labute approximate surface area is 188 Å². The fourth-order valence-electron chi connectivity index (χ4n) is 2.96. The van der Waals surface area contributed by atoms with Crippen LogP contribution in [0.3, 0.4) is 0 Å². The summed E-state index contributed by atoms with van der Waals surface area (Å²) >= 11 is 0. The van der Waals surface area contributed by atoms with Gasteiger partial charge in [0, 0.05) is 12.6 Å². The maximum atomic E-state index is 12.3. The molecule has 2 amide bonds. The fourth-order valence-corrected chi connectivity index (χ4v) is 2.96. The third kappa shape index (κ3) is 8.63. The maximum Gasteiger partial charge on any atom is 0.308 e. The van der Waals surface area contributed by atoms with Gasteiger partial charge >= 0.3 is 5.97 Å². The van der Waals surface area contributed by atoms with Crippen LogP contribution in [0.1, 0.15) is 37.4 Å². The first-order valence-corrected chi connectivity index (χ1v) is 10.5. The lowest BCUT2D eigenvalue weighted by Crippen LogP contribution is -2.35. The highest BCUT2D eigenvalue weighted by Gasteiger charge is 2.19. The number of esters is 1. The molecule has 0 aliphatic heterocycles. The van der Waals surface area contributed by atoms with E-state index in [1.165, 1.54) is 6.08 Å². The van der Waals surface area contributed by atoms with Crippen molar-refractivity contribution in [3.63, 3.8) is 0 Å². The van der Waals surface area contributed by atoms with E-state index in [2.05, 4.69) is 10.6 Å². The highest BCUT2D eigenvalue weighted by molar-refractivity contribution is 5.91. The van der Waals surface area contributed by atoms with Gasteiger partial charge in [0.25, 0.3) is 5.91 Å². The van der Waals surface area contributed by atoms with E-state index in [4.69, 9.17) is 9.47 Å². The van der Waals surface area contributed by atoms with Crippen molar-refractivity contribution in [1.29, 1.82) is 0 Å². The molecule has 0 bridgehead atoms. The molecule has 1 atom stereocenters. The quantitative estimate of drug-likeness (QED) is 0.415. The van der Waals surface area contributed by atoms with Gasteiger partial charge in [-0.3, -0.25) is 14.4 Å². The van der Waals surface area contributed by atoms with Crippen LogP contribution < -0.4 is 15.4 Å². The highest BCUT2D eigenvalue weighted by Crippen LogP contribution is 2.23. The van der Waals surface area contributed by atoms with Crippen LogP contribution in [0.25, 0.3) is 6.08 Å². The minimum absolute atomic E-state index is 0.0235. The molecule has 2 aromatic carbocycles. The Bertz CT molecular complexity index is 908. The van der Waals surface area contributed by atoms with Crippen molar-refractivity contribution in [3.8, 4) is 5.75 Å². The second kappa shape index (κ2) is 12.9. The van der Waals surface area contributed by atoms with E-state index in [1.54, 1.807) is 13.2 Å². The van der Waals surface area contributed by atoms with Crippen molar-refractivity contribution in [1.82, 2.24) is 10.6 Å². The van der Waals surface area contributed by atoms with Crippen molar-refractivity contribution in [3.05, 3.63) is 71.8 Å². The Morgan fingerprint density at radius 1 is 1.00 bits per heavy atom.